The average Bonchev–Trinajstić information content (AvgIpc) is 2.80. The summed E-state index contributed by atoms with van der Waals surface area (Å²) in [7, 11) is 1.57. The van der Waals surface area contributed by atoms with Gasteiger partial charge in [0.25, 0.3) is 0 Å². The number of benzene rings is 2. The van der Waals surface area contributed by atoms with Crippen LogP contribution in [0.15, 0.2) is 42.5 Å². The smallest absolute Gasteiger partial charge is 0.419 e. The minimum atomic E-state index is -4.83. The Labute approximate surface area is 214 Å². The molecule has 3 rings (SSSR count). The molecular formula is C27H33F4N3O3. The Hall–Kier alpha value is -3.14. The number of alkyl halides is 3. The van der Waals surface area contributed by atoms with E-state index >= 15 is 0 Å². The number of hydrogen-bond acceptors (Lipinski definition) is 4. The molecule has 0 radical (unpaired) electrons. The van der Waals surface area contributed by atoms with Crippen molar-refractivity contribution >= 4 is 11.8 Å². The fourth-order valence-corrected chi connectivity index (χ4v) is 4.43. The van der Waals surface area contributed by atoms with Gasteiger partial charge in [-0.15, -0.1) is 0 Å². The first-order valence-electron chi connectivity index (χ1n) is 11.9. The van der Waals surface area contributed by atoms with Crippen LogP contribution in [0.3, 0.4) is 0 Å². The van der Waals surface area contributed by atoms with E-state index in [2.05, 4.69) is 16.0 Å². The maximum absolute atomic E-state index is 14.3. The van der Waals surface area contributed by atoms with Gasteiger partial charge >= 0.3 is 6.18 Å². The van der Waals surface area contributed by atoms with E-state index < -0.39 is 52.5 Å². The third-order valence-corrected chi connectivity index (χ3v) is 6.72. The second-order valence-electron chi connectivity index (χ2n) is 10.9. The Balaban J connectivity index is 1.83. The summed E-state index contributed by atoms with van der Waals surface area (Å²) in [5, 5.41) is 8.93. The minimum absolute atomic E-state index is 0.126. The SMILES string of the molecule is COc1ccc(C(C)(C)C2NC(=O)CC(C(=O)N[C@@H](c3ccc(C(F)(F)F)c(F)c3)C(C)(C)C)N2)cc1. The summed E-state index contributed by atoms with van der Waals surface area (Å²) in [4.78, 5) is 25.9. The van der Waals surface area contributed by atoms with E-state index in [4.69, 9.17) is 4.74 Å². The van der Waals surface area contributed by atoms with E-state index in [0.717, 1.165) is 11.6 Å². The zero-order chi connectivity index (χ0) is 27.8. The Morgan fingerprint density at radius 3 is 2.19 bits per heavy atom. The first-order valence-corrected chi connectivity index (χ1v) is 11.9. The van der Waals surface area contributed by atoms with Gasteiger partial charge in [0.1, 0.15) is 11.6 Å². The molecule has 2 aromatic rings. The lowest BCUT2D eigenvalue weighted by molar-refractivity contribution is -0.140. The van der Waals surface area contributed by atoms with Gasteiger partial charge in [-0.2, -0.15) is 13.2 Å². The molecule has 0 aromatic heterocycles. The molecule has 6 nitrogen and oxygen atoms in total. The predicted octanol–water partition coefficient (Wildman–Crippen LogP) is 4.84. The Morgan fingerprint density at radius 2 is 1.68 bits per heavy atom. The first-order chi connectivity index (χ1) is 17.0. The van der Waals surface area contributed by atoms with E-state index in [-0.39, 0.29) is 17.9 Å². The van der Waals surface area contributed by atoms with Crippen LogP contribution in [0.2, 0.25) is 0 Å². The number of methoxy groups -OCH3 is 1. The molecule has 2 unspecified atom stereocenters. The van der Waals surface area contributed by atoms with Crippen LogP contribution < -0.4 is 20.7 Å². The van der Waals surface area contributed by atoms with Gasteiger partial charge in [0.15, 0.2) is 0 Å². The number of amides is 2. The Kier molecular flexibility index (Phi) is 7.93. The summed E-state index contributed by atoms with van der Waals surface area (Å²) in [5.41, 5.74) is -1.55. The highest BCUT2D eigenvalue weighted by Gasteiger charge is 2.41. The highest BCUT2D eigenvalue weighted by molar-refractivity contribution is 5.90. The summed E-state index contributed by atoms with van der Waals surface area (Å²) in [6.07, 6.45) is -5.54. The highest BCUT2D eigenvalue weighted by Crippen LogP contribution is 2.37. The largest absolute Gasteiger partial charge is 0.497 e. The number of carbonyl (C=O) groups excluding carboxylic acids is 2. The number of halogens is 4. The molecule has 1 aliphatic heterocycles. The summed E-state index contributed by atoms with van der Waals surface area (Å²) >= 11 is 0. The van der Waals surface area contributed by atoms with Crippen molar-refractivity contribution in [2.75, 3.05) is 7.11 Å². The van der Waals surface area contributed by atoms with E-state index in [1.165, 1.54) is 6.07 Å². The van der Waals surface area contributed by atoms with Crippen LogP contribution >= 0.6 is 0 Å². The number of ether oxygens (including phenoxy) is 1. The first kappa shape index (κ1) is 28.4. The molecule has 0 aliphatic carbocycles. The van der Waals surface area contributed by atoms with E-state index in [0.29, 0.717) is 11.8 Å². The van der Waals surface area contributed by atoms with E-state index in [9.17, 15) is 27.2 Å². The number of hydrogen-bond donors (Lipinski definition) is 3. The van der Waals surface area contributed by atoms with Crippen molar-refractivity contribution in [2.24, 2.45) is 5.41 Å². The van der Waals surface area contributed by atoms with Crippen molar-refractivity contribution in [3.05, 3.63) is 65.0 Å². The van der Waals surface area contributed by atoms with Crippen molar-refractivity contribution < 1.29 is 31.9 Å². The summed E-state index contributed by atoms with van der Waals surface area (Å²) in [5.74, 6) is -1.56. The van der Waals surface area contributed by atoms with Gasteiger partial charge in [-0.1, -0.05) is 52.8 Å². The number of rotatable bonds is 6. The van der Waals surface area contributed by atoms with Crippen LogP contribution in [0, 0.1) is 11.2 Å². The van der Waals surface area contributed by atoms with Crippen LogP contribution in [-0.2, 0) is 21.2 Å². The monoisotopic (exact) mass is 523 g/mol. The molecule has 10 heteroatoms. The van der Waals surface area contributed by atoms with Gasteiger partial charge in [0.05, 0.1) is 37.3 Å². The van der Waals surface area contributed by atoms with Crippen LogP contribution in [0.4, 0.5) is 17.6 Å². The number of nitrogens with one attached hydrogen (secondary N) is 3. The lowest BCUT2D eigenvalue weighted by atomic mass is 9.79. The second kappa shape index (κ2) is 10.3. The molecule has 2 amide bonds. The van der Waals surface area contributed by atoms with E-state index in [1.807, 2.05) is 38.1 Å². The predicted molar refractivity (Wildman–Crippen MR) is 131 cm³/mol. The average molecular weight is 524 g/mol. The molecule has 2 aromatic carbocycles. The van der Waals surface area contributed by atoms with Crippen molar-refractivity contribution in [2.45, 2.75) is 70.9 Å². The fourth-order valence-electron chi connectivity index (χ4n) is 4.43. The number of carbonyl (C=O) groups is 2. The minimum Gasteiger partial charge on any atom is -0.497 e. The standard InChI is InChI=1S/C27H33F4N3O3/c1-25(2,3)22(15-7-12-18(19(28)13-15)27(29,30)31)34-23(36)20-14-21(35)33-24(32-20)26(4,5)16-8-10-17(37-6)11-9-16/h7-13,20,22,24,32H,14H2,1-6H3,(H,33,35)(H,34,36)/t20?,22-,24?/m0/s1. The van der Waals surface area contributed by atoms with Gasteiger partial charge in [0.2, 0.25) is 11.8 Å². The van der Waals surface area contributed by atoms with Crippen LogP contribution in [0.1, 0.15) is 63.8 Å². The lowest BCUT2D eigenvalue weighted by Gasteiger charge is -2.42. The molecule has 3 atom stereocenters. The van der Waals surface area contributed by atoms with Crippen LogP contribution in [0.25, 0.3) is 0 Å². The van der Waals surface area contributed by atoms with Gasteiger partial charge in [-0.05, 0) is 40.8 Å². The van der Waals surface area contributed by atoms with Crippen molar-refractivity contribution in [3.63, 3.8) is 0 Å². The topological polar surface area (TPSA) is 79.5 Å². The summed E-state index contributed by atoms with van der Waals surface area (Å²) in [6.45, 7) is 9.20. The fraction of sp³-hybridized carbons (Fsp3) is 0.481. The molecule has 0 spiro atoms. The molecule has 1 fully saturated rings. The molecule has 37 heavy (non-hydrogen) atoms. The maximum Gasteiger partial charge on any atom is 0.419 e. The molecular weight excluding hydrogens is 490 g/mol. The molecule has 202 valence electrons. The summed E-state index contributed by atoms with van der Waals surface area (Å²) in [6, 6.07) is 8.31. The molecule has 0 bridgehead atoms. The second-order valence-corrected chi connectivity index (χ2v) is 10.9. The lowest BCUT2D eigenvalue weighted by Crippen LogP contribution is -2.66. The van der Waals surface area contributed by atoms with Gasteiger partial charge in [-0.25, -0.2) is 4.39 Å². The maximum atomic E-state index is 14.3. The quantitative estimate of drug-likeness (QED) is 0.474. The van der Waals surface area contributed by atoms with Gasteiger partial charge < -0.3 is 15.4 Å². The zero-order valence-electron chi connectivity index (χ0n) is 21.7. The third kappa shape index (κ3) is 6.41. The van der Waals surface area contributed by atoms with Crippen LogP contribution in [0.5, 0.6) is 5.75 Å². The van der Waals surface area contributed by atoms with Crippen molar-refractivity contribution in [1.82, 2.24) is 16.0 Å². The summed E-state index contributed by atoms with van der Waals surface area (Å²) < 4.78 is 58.6. The highest BCUT2D eigenvalue weighted by atomic mass is 19.4. The molecule has 1 aliphatic rings. The Morgan fingerprint density at radius 1 is 1.05 bits per heavy atom. The zero-order valence-corrected chi connectivity index (χ0v) is 21.7. The normalized spacial score (nSPS) is 19.7. The molecule has 1 saturated heterocycles. The molecule has 1 heterocycles. The van der Waals surface area contributed by atoms with Gasteiger partial charge in [-0.3, -0.25) is 14.9 Å². The molecule has 0 saturated carbocycles. The van der Waals surface area contributed by atoms with Crippen molar-refractivity contribution in [1.29, 1.82) is 0 Å². The van der Waals surface area contributed by atoms with Gasteiger partial charge in [0, 0.05) is 5.41 Å². The molecule has 3 N–H and O–H groups in total. The third-order valence-electron chi connectivity index (χ3n) is 6.72. The van der Waals surface area contributed by atoms with Crippen LogP contribution in [-0.4, -0.2) is 31.1 Å². The van der Waals surface area contributed by atoms with Crippen molar-refractivity contribution in [3.8, 4) is 5.75 Å². The Bertz CT molecular complexity index is 1140. The van der Waals surface area contributed by atoms with E-state index in [1.54, 1.807) is 27.9 Å².